The summed E-state index contributed by atoms with van der Waals surface area (Å²) in [4.78, 5) is 0. The summed E-state index contributed by atoms with van der Waals surface area (Å²) < 4.78 is 54.7. The van der Waals surface area contributed by atoms with Crippen LogP contribution in [0, 0.1) is 23.6 Å². The van der Waals surface area contributed by atoms with E-state index in [9.17, 15) is 17.6 Å². The summed E-state index contributed by atoms with van der Waals surface area (Å²) in [6.07, 6.45) is 7.25. The third kappa shape index (κ3) is 5.31. The first-order valence-corrected chi connectivity index (χ1v) is 11.1. The number of rotatable bonds is 4. The average molecular weight is 433 g/mol. The zero-order valence-electron chi connectivity index (χ0n) is 17.7. The van der Waals surface area contributed by atoms with Gasteiger partial charge in [0.05, 0.1) is 0 Å². The number of fused-ring (bicyclic) bond motifs is 1. The van der Waals surface area contributed by atoms with Gasteiger partial charge in [0, 0.05) is 0 Å². The Morgan fingerprint density at radius 1 is 0.871 bits per heavy atom. The first-order chi connectivity index (χ1) is 14.8. The number of ether oxygens (including phenoxy) is 1. The molecular weight excluding hydrogens is 404 g/mol. The maximum absolute atomic E-state index is 14.0. The van der Waals surface area contributed by atoms with Crippen molar-refractivity contribution in [3.05, 3.63) is 66.0 Å². The van der Waals surface area contributed by atoms with E-state index < -0.39 is 17.9 Å². The second-order valence-electron chi connectivity index (χ2n) is 8.94. The molecule has 0 heterocycles. The van der Waals surface area contributed by atoms with Crippen LogP contribution in [0.4, 0.5) is 17.6 Å². The van der Waals surface area contributed by atoms with Crippen molar-refractivity contribution in [1.29, 1.82) is 0 Å². The minimum atomic E-state index is -4.91. The summed E-state index contributed by atoms with van der Waals surface area (Å²) in [6.45, 7) is 2.10. The topological polar surface area (TPSA) is 9.23 Å². The van der Waals surface area contributed by atoms with Crippen molar-refractivity contribution >= 4 is 0 Å². The minimum Gasteiger partial charge on any atom is -0.403 e. The molecule has 4 atom stereocenters. The number of benzene rings is 2. The van der Waals surface area contributed by atoms with Crippen molar-refractivity contribution < 1.29 is 22.3 Å². The molecule has 0 N–H and O–H groups in total. The van der Waals surface area contributed by atoms with Crippen LogP contribution in [-0.2, 0) is 0 Å². The largest absolute Gasteiger partial charge is 0.573 e. The van der Waals surface area contributed by atoms with Gasteiger partial charge in [-0.25, -0.2) is 4.39 Å². The first-order valence-electron chi connectivity index (χ1n) is 11.1. The van der Waals surface area contributed by atoms with Crippen LogP contribution in [0.5, 0.6) is 5.75 Å². The van der Waals surface area contributed by atoms with E-state index in [4.69, 9.17) is 0 Å². The molecule has 166 valence electrons. The van der Waals surface area contributed by atoms with Gasteiger partial charge in [0.2, 0.25) is 0 Å². The predicted octanol–water partition coefficient (Wildman–Crippen LogP) is 8.27. The standard InChI is InChI=1S/C26H28F4O/c1-2-3-17-4-5-22-15-21(11-10-20(22)14-17)18-6-8-19(9-7-18)23-12-13-25(24(27)16-23)31-26(28,29)30/h2-3,6-9,12-13,16-17,20-22H,4-5,10-11,14-15H2,1H3/b3-2+. The summed E-state index contributed by atoms with van der Waals surface area (Å²) in [5.74, 6) is 1.10. The molecule has 0 aliphatic heterocycles. The fraction of sp³-hybridized carbons (Fsp3) is 0.462. The molecule has 2 aliphatic rings. The van der Waals surface area contributed by atoms with Gasteiger partial charge in [-0.1, -0.05) is 42.5 Å². The van der Waals surface area contributed by atoms with E-state index in [1.54, 1.807) is 0 Å². The van der Waals surface area contributed by atoms with E-state index in [1.807, 2.05) is 12.1 Å². The number of halogens is 4. The van der Waals surface area contributed by atoms with Gasteiger partial charge in [-0.3, -0.25) is 0 Å². The maximum Gasteiger partial charge on any atom is 0.573 e. The van der Waals surface area contributed by atoms with Crippen LogP contribution in [0.2, 0.25) is 0 Å². The summed E-state index contributed by atoms with van der Waals surface area (Å²) in [6, 6.07) is 11.6. The van der Waals surface area contributed by atoms with Crippen LogP contribution in [0.15, 0.2) is 54.6 Å². The lowest BCUT2D eigenvalue weighted by molar-refractivity contribution is -0.275. The van der Waals surface area contributed by atoms with E-state index in [1.165, 1.54) is 50.2 Å². The Kier molecular flexibility index (Phi) is 6.40. The van der Waals surface area contributed by atoms with Gasteiger partial charge >= 0.3 is 6.36 Å². The Labute approximate surface area is 181 Å². The van der Waals surface area contributed by atoms with Gasteiger partial charge in [-0.05, 0) is 97.9 Å². The maximum atomic E-state index is 14.0. The molecule has 2 saturated carbocycles. The van der Waals surface area contributed by atoms with Gasteiger partial charge in [0.1, 0.15) is 0 Å². The molecule has 5 heteroatoms. The molecule has 31 heavy (non-hydrogen) atoms. The SMILES string of the molecule is C/C=C/C1CCC2CC(c3ccc(-c4ccc(OC(F)(F)F)c(F)c4)cc3)CCC2C1. The van der Waals surface area contributed by atoms with Crippen molar-refractivity contribution in [3.8, 4) is 16.9 Å². The summed E-state index contributed by atoms with van der Waals surface area (Å²) in [5, 5.41) is 0. The quantitative estimate of drug-likeness (QED) is 0.349. The molecule has 0 amide bonds. The van der Waals surface area contributed by atoms with Crippen molar-refractivity contribution in [3.63, 3.8) is 0 Å². The van der Waals surface area contributed by atoms with E-state index in [0.717, 1.165) is 35.4 Å². The highest BCUT2D eigenvalue weighted by atomic mass is 19.4. The van der Waals surface area contributed by atoms with Crippen LogP contribution in [0.1, 0.15) is 56.9 Å². The fourth-order valence-electron chi connectivity index (χ4n) is 5.51. The predicted molar refractivity (Wildman–Crippen MR) is 114 cm³/mol. The highest BCUT2D eigenvalue weighted by Crippen LogP contribution is 2.48. The third-order valence-electron chi connectivity index (χ3n) is 6.99. The molecule has 0 radical (unpaired) electrons. The number of alkyl halides is 3. The van der Waals surface area contributed by atoms with Gasteiger partial charge in [0.25, 0.3) is 0 Å². The van der Waals surface area contributed by atoms with Crippen molar-refractivity contribution in [2.45, 2.75) is 57.7 Å². The molecule has 0 spiro atoms. The zero-order chi connectivity index (χ0) is 22.0. The first kappa shape index (κ1) is 21.9. The molecule has 4 unspecified atom stereocenters. The van der Waals surface area contributed by atoms with Gasteiger partial charge in [0.15, 0.2) is 11.6 Å². The lowest BCUT2D eigenvalue weighted by Gasteiger charge is -2.41. The number of allylic oxidation sites excluding steroid dienone is 2. The molecule has 0 saturated heterocycles. The Hall–Kier alpha value is -2.30. The van der Waals surface area contributed by atoms with Crippen LogP contribution < -0.4 is 4.74 Å². The molecule has 4 rings (SSSR count). The van der Waals surface area contributed by atoms with Gasteiger partial charge in [-0.2, -0.15) is 0 Å². The molecule has 1 nitrogen and oxygen atoms in total. The Morgan fingerprint density at radius 2 is 1.55 bits per heavy atom. The lowest BCUT2D eigenvalue weighted by atomic mass is 9.64. The molecule has 0 bridgehead atoms. The second kappa shape index (κ2) is 9.05. The summed E-state index contributed by atoms with van der Waals surface area (Å²) in [7, 11) is 0. The summed E-state index contributed by atoms with van der Waals surface area (Å²) >= 11 is 0. The van der Waals surface area contributed by atoms with Crippen LogP contribution in [0.25, 0.3) is 11.1 Å². The monoisotopic (exact) mass is 432 g/mol. The summed E-state index contributed by atoms with van der Waals surface area (Å²) in [5.41, 5.74) is 2.61. The second-order valence-corrected chi connectivity index (χ2v) is 8.94. The average Bonchev–Trinajstić information content (AvgIpc) is 2.74. The van der Waals surface area contributed by atoms with Crippen molar-refractivity contribution in [2.24, 2.45) is 17.8 Å². The van der Waals surface area contributed by atoms with E-state index >= 15 is 0 Å². The van der Waals surface area contributed by atoms with Crippen LogP contribution in [-0.4, -0.2) is 6.36 Å². The molecular formula is C26H28F4O. The Morgan fingerprint density at radius 3 is 2.23 bits per heavy atom. The zero-order valence-corrected chi connectivity index (χ0v) is 17.7. The highest BCUT2D eigenvalue weighted by Gasteiger charge is 2.35. The van der Waals surface area contributed by atoms with Gasteiger partial charge < -0.3 is 4.74 Å². The smallest absolute Gasteiger partial charge is 0.403 e. The molecule has 2 aromatic carbocycles. The third-order valence-corrected chi connectivity index (χ3v) is 6.99. The van der Waals surface area contributed by atoms with E-state index in [0.29, 0.717) is 11.5 Å². The van der Waals surface area contributed by atoms with Crippen molar-refractivity contribution in [2.75, 3.05) is 0 Å². The number of hydrogen-bond donors (Lipinski definition) is 0. The molecule has 2 fully saturated rings. The van der Waals surface area contributed by atoms with E-state index in [-0.39, 0.29) is 0 Å². The Bertz CT molecular complexity index is 916. The fourth-order valence-corrected chi connectivity index (χ4v) is 5.51. The highest BCUT2D eigenvalue weighted by molar-refractivity contribution is 5.64. The molecule has 2 aliphatic carbocycles. The van der Waals surface area contributed by atoms with Crippen LogP contribution in [0.3, 0.4) is 0 Å². The number of hydrogen-bond acceptors (Lipinski definition) is 1. The molecule has 0 aromatic heterocycles. The minimum absolute atomic E-state index is 0.532. The Balaban J connectivity index is 1.42. The van der Waals surface area contributed by atoms with Gasteiger partial charge in [-0.15, -0.1) is 13.2 Å². The van der Waals surface area contributed by atoms with Crippen LogP contribution >= 0.6 is 0 Å². The molecule has 2 aromatic rings. The van der Waals surface area contributed by atoms with Crippen molar-refractivity contribution in [1.82, 2.24) is 0 Å². The lowest BCUT2D eigenvalue weighted by Crippen LogP contribution is -2.30. The van der Waals surface area contributed by atoms with E-state index in [2.05, 4.69) is 35.9 Å². The normalized spacial score (nSPS) is 26.6.